The number of carbonyl (C=O) groups is 1. The zero-order chi connectivity index (χ0) is 37.6. The van der Waals surface area contributed by atoms with E-state index in [9.17, 15) is 19.4 Å². The van der Waals surface area contributed by atoms with Gasteiger partial charge in [0.2, 0.25) is 5.91 Å². The minimum Gasteiger partial charge on any atom is -0.756 e. The molecule has 0 bridgehead atoms. The van der Waals surface area contributed by atoms with Gasteiger partial charge in [0.1, 0.15) is 13.2 Å². The van der Waals surface area contributed by atoms with Gasteiger partial charge in [-0.25, -0.2) is 0 Å². The normalized spacial score (nSPS) is 18.6. The van der Waals surface area contributed by atoms with Crippen LogP contribution in [0, 0.1) is 0 Å². The van der Waals surface area contributed by atoms with Crippen molar-refractivity contribution < 1.29 is 37.6 Å². The lowest BCUT2D eigenvalue weighted by Gasteiger charge is -2.30. The van der Waals surface area contributed by atoms with Crippen LogP contribution >= 0.6 is 7.82 Å². The number of allylic oxidation sites excluding steroid dienone is 1. The molecule has 0 saturated carbocycles. The highest BCUT2D eigenvalue weighted by Gasteiger charge is 2.36. The molecule has 0 aromatic heterocycles. The molecule has 0 radical (unpaired) electrons. The highest BCUT2D eigenvalue weighted by atomic mass is 31.2. The number of aliphatic hydroxyl groups excluding tert-OH is 1. The third-order valence-corrected chi connectivity index (χ3v) is 10.9. The van der Waals surface area contributed by atoms with Crippen molar-refractivity contribution in [3.63, 3.8) is 0 Å². The number of phosphoric acid groups is 1. The van der Waals surface area contributed by atoms with Gasteiger partial charge in [-0.05, 0) is 38.5 Å². The molecule has 0 aliphatic carbocycles. The maximum Gasteiger partial charge on any atom is 0.268 e. The van der Waals surface area contributed by atoms with E-state index in [0.29, 0.717) is 36.1 Å². The van der Waals surface area contributed by atoms with Gasteiger partial charge >= 0.3 is 0 Å². The second-order valence-electron chi connectivity index (χ2n) is 16.1. The van der Waals surface area contributed by atoms with E-state index in [2.05, 4.69) is 31.3 Å². The SMILES string of the molecule is CCCCCCCCCCCCCCC[C@@H](O)[C@H](COP(=O)([O-])OCC[N+](C)(C)C)NC(=O)CCCCCCC/C=C\CC1OC1CCCCC. The monoisotopic (exact) mass is 745 g/mol. The molecule has 1 aliphatic heterocycles. The molecule has 5 atom stereocenters. The molecule has 1 aliphatic rings. The molecule has 302 valence electrons. The van der Waals surface area contributed by atoms with Crippen LogP contribution in [0.3, 0.4) is 0 Å². The number of likely N-dealkylation sites (N-methyl/N-ethyl adjacent to an activating group) is 1. The highest BCUT2D eigenvalue weighted by Crippen LogP contribution is 2.38. The van der Waals surface area contributed by atoms with Crippen LogP contribution in [0.4, 0.5) is 0 Å². The molecule has 51 heavy (non-hydrogen) atoms. The lowest BCUT2D eigenvalue weighted by atomic mass is 10.0. The van der Waals surface area contributed by atoms with E-state index < -0.39 is 20.0 Å². The molecule has 2 N–H and O–H groups in total. The molecular weight excluding hydrogens is 663 g/mol. The summed E-state index contributed by atoms with van der Waals surface area (Å²) in [5, 5.41) is 13.9. The Morgan fingerprint density at radius 2 is 1.33 bits per heavy atom. The summed E-state index contributed by atoms with van der Waals surface area (Å²) >= 11 is 0. The molecule has 9 nitrogen and oxygen atoms in total. The first-order valence-electron chi connectivity index (χ1n) is 21.2. The molecular formula is C41H81N2O7P. The first-order chi connectivity index (χ1) is 24.5. The van der Waals surface area contributed by atoms with E-state index in [1.165, 1.54) is 89.9 Å². The Balaban J connectivity index is 2.31. The number of epoxide rings is 1. The van der Waals surface area contributed by atoms with Gasteiger partial charge < -0.3 is 33.6 Å². The van der Waals surface area contributed by atoms with Crippen molar-refractivity contribution in [1.29, 1.82) is 0 Å². The van der Waals surface area contributed by atoms with Gasteiger partial charge in [-0.3, -0.25) is 9.36 Å². The Hall–Kier alpha value is -0.800. The number of rotatable bonds is 37. The maximum absolute atomic E-state index is 12.8. The van der Waals surface area contributed by atoms with Crippen molar-refractivity contribution >= 4 is 13.7 Å². The smallest absolute Gasteiger partial charge is 0.268 e. The number of carbonyl (C=O) groups excluding carboxylic acids is 1. The predicted octanol–water partition coefficient (Wildman–Crippen LogP) is 9.55. The predicted molar refractivity (Wildman–Crippen MR) is 210 cm³/mol. The van der Waals surface area contributed by atoms with Crippen molar-refractivity contribution in [3.8, 4) is 0 Å². The zero-order valence-corrected chi connectivity index (χ0v) is 34.7. The minimum atomic E-state index is -4.56. The molecule has 1 fully saturated rings. The fraction of sp³-hybridized carbons (Fsp3) is 0.927. The second-order valence-corrected chi connectivity index (χ2v) is 17.5. The van der Waals surface area contributed by atoms with Crippen LogP contribution in [0.15, 0.2) is 12.2 Å². The van der Waals surface area contributed by atoms with E-state index in [1.807, 2.05) is 21.1 Å². The molecule has 0 aromatic rings. The van der Waals surface area contributed by atoms with E-state index in [-0.39, 0.29) is 19.1 Å². The lowest BCUT2D eigenvalue weighted by Crippen LogP contribution is -2.46. The van der Waals surface area contributed by atoms with Crippen LogP contribution in [-0.2, 0) is 23.1 Å². The number of quaternary nitrogens is 1. The lowest BCUT2D eigenvalue weighted by molar-refractivity contribution is -0.870. The number of amides is 1. The van der Waals surface area contributed by atoms with E-state index >= 15 is 0 Å². The van der Waals surface area contributed by atoms with Crippen molar-refractivity contribution in [1.82, 2.24) is 5.32 Å². The van der Waals surface area contributed by atoms with Crippen LogP contribution in [0.2, 0.25) is 0 Å². The number of unbranched alkanes of at least 4 members (excludes halogenated alkanes) is 19. The minimum absolute atomic E-state index is 0.00808. The van der Waals surface area contributed by atoms with Gasteiger partial charge in [0.15, 0.2) is 0 Å². The van der Waals surface area contributed by atoms with Crippen molar-refractivity contribution in [2.75, 3.05) is 40.9 Å². The average Bonchev–Trinajstić information content (AvgIpc) is 3.83. The number of aliphatic hydroxyl groups is 1. The fourth-order valence-corrected chi connectivity index (χ4v) is 7.12. The van der Waals surface area contributed by atoms with Gasteiger partial charge in [0.05, 0.1) is 52.1 Å². The van der Waals surface area contributed by atoms with Gasteiger partial charge in [0, 0.05) is 6.42 Å². The number of hydrogen-bond donors (Lipinski definition) is 2. The quantitative estimate of drug-likeness (QED) is 0.0214. The van der Waals surface area contributed by atoms with E-state index in [4.69, 9.17) is 13.8 Å². The van der Waals surface area contributed by atoms with Crippen molar-refractivity contribution in [2.45, 2.75) is 205 Å². The first kappa shape index (κ1) is 48.2. The van der Waals surface area contributed by atoms with Crippen LogP contribution in [0.25, 0.3) is 0 Å². The fourth-order valence-electron chi connectivity index (χ4n) is 6.40. The average molecular weight is 745 g/mol. The number of ether oxygens (including phenoxy) is 1. The molecule has 0 aromatic carbocycles. The zero-order valence-electron chi connectivity index (χ0n) is 33.8. The summed E-state index contributed by atoms with van der Waals surface area (Å²) in [5.41, 5.74) is 0. The Morgan fingerprint density at radius 1 is 0.784 bits per heavy atom. The van der Waals surface area contributed by atoms with Gasteiger partial charge in [-0.15, -0.1) is 0 Å². The Labute approximate surface area is 314 Å². The molecule has 3 unspecified atom stereocenters. The first-order valence-corrected chi connectivity index (χ1v) is 22.6. The Morgan fingerprint density at radius 3 is 1.94 bits per heavy atom. The molecule has 1 amide bonds. The van der Waals surface area contributed by atoms with Gasteiger partial charge in [0.25, 0.3) is 7.82 Å². The summed E-state index contributed by atoms with van der Waals surface area (Å²) in [6, 6.07) is -0.807. The number of phosphoric ester groups is 1. The summed E-state index contributed by atoms with van der Waals surface area (Å²) in [4.78, 5) is 25.3. The molecule has 1 saturated heterocycles. The van der Waals surface area contributed by atoms with Crippen molar-refractivity contribution in [2.24, 2.45) is 0 Å². The van der Waals surface area contributed by atoms with E-state index in [0.717, 1.165) is 64.2 Å². The number of hydrogen-bond acceptors (Lipinski definition) is 7. The van der Waals surface area contributed by atoms with Gasteiger partial charge in [-0.2, -0.15) is 0 Å². The van der Waals surface area contributed by atoms with Crippen LogP contribution in [0.1, 0.15) is 181 Å². The van der Waals surface area contributed by atoms with Crippen LogP contribution < -0.4 is 10.2 Å². The Bertz CT molecular complexity index is 913. The standard InChI is InChI=1S/C41H81N2O7P/c1-6-8-10-11-12-13-14-15-16-17-20-23-27-30-38(44)37(36-49-51(46,47)48-35-34-43(3,4)5)42-41(45)33-29-25-22-19-18-21-24-28-32-40-39(50-40)31-26-9-7-2/h24,28,37-40,44H,6-23,25-27,29-36H2,1-5H3,(H-,42,45,46,47)/b28-24-/t37-,38+,39?,40?/m0/s1. The molecule has 1 heterocycles. The number of nitrogens with zero attached hydrogens (tertiary/aromatic N) is 1. The number of nitrogens with one attached hydrogen (secondary N) is 1. The summed E-state index contributed by atoms with van der Waals surface area (Å²) in [5.74, 6) is -0.182. The summed E-state index contributed by atoms with van der Waals surface area (Å²) in [7, 11) is 1.29. The second kappa shape index (κ2) is 30.5. The maximum atomic E-state index is 12.8. The topological polar surface area (TPSA) is 120 Å². The Kier molecular flexibility index (Phi) is 28.9. The third kappa shape index (κ3) is 30.2. The largest absolute Gasteiger partial charge is 0.756 e. The van der Waals surface area contributed by atoms with Crippen LogP contribution in [0.5, 0.6) is 0 Å². The van der Waals surface area contributed by atoms with Gasteiger partial charge in [-0.1, -0.05) is 148 Å². The summed E-state index contributed by atoms with van der Waals surface area (Å²) < 4.78 is 29.0. The highest BCUT2D eigenvalue weighted by molar-refractivity contribution is 7.45. The summed E-state index contributed by atoms with van der Waals surface area (Å²) in [6.45, 7) is 4.66. The third-order valence-electron chi connectivity index (χ3n) is 9.93. The molecule has 1 rings (SSSR count). The van der Waals surface area contributed by atoms with Crippen LogP contribution in [-0.4, -0.2) is 80.8 Å². The van der Waals surface area contributed by atoms with Crippen molar-refractivity contribution in [3.05, 3.63) is 12.2 Å². The molecule has 10 heteroatoms. The molecule has 0 spiro atoms. The summed E-state index contributed by atoms with van der Waals surface area (Å²) in [6.07, 6.45) is 33.7. The van der Waals surface area contributed by atoms with E-state index in [1.54, 1.807) is 0 Å².